The van der Waals surface area contributed by atoms with Gasteiger partial charge in [-0.1, -0.05) is 68.5 Å². The van der Waals surface area contributed by atoms with Gasteiger partial charge in [0, 0.05) is 0 Å². The molecule has 0 saturated heterocycles. The molecule has 0 N–H and O–H groups in total. The van der Waals surface area contributed by atoms with E-state index in [2.05, 4.69) is 53.7 Å². The molecule has 0 nitrogen and oxygen atoms in total. The largest absolute Gasteiger partial charge is 0.0820 e. The predicted molar refractivity (Wildman–Crippen MR) is 68.5 cm³/mol. The molecular weight excluding hydrogens is 168 g/mol. The lowest BCUT2D eigenvalue weighted by molar-refractivity contribution is 0.115. The molecular formula is C14H30. The summed E-state index contributed by atoms with van der Waals surface area (Å²) < 4.78 is 0. The molecule has 0 heterocycles. The minimum absolute atomic E-state index is 0. The van der Waals surface area contributed by atoms with Crippen molar-refractivity contribution in [1.82, 2.24) is 0 Å². The Balaban J connectivity index is 0. The molecule has 1 aliphatic rings. The molecule has 0 fully saturated rings. The summed E-state index contributed by atoms with van der Waals surface area (Å²) in [6.07, 6.45) is 4.77. The molecule has 0 bridgehead atoms. The van der Waals surface area contributed by atoms with Gasteiger partial charge in [-0.25, -0.2) is 0 Å². The van der Waals surface area contributed by atoms with E-state index in [4.69, 9.17) is 0 Å². The van der Waals surface area contributed by atoms with E-state index in [1.807, 2.05) is 0 Å². The van der Waals surface area contributed by atoms with Crippen molar-refractivity contribution in [3.8, 4) is 0 Å². The van der Waals surface area contributed by atoms with Crippen LogP contribution in [0.3, 0.4) is 0 Å². The highest BCUT2D eigenvalue weighted by Crippen LogP contribution is 2.47. The lowest BCUT2D eigenvalue weighted by atomic mass is 9.60. The average Bonchev–Trinajstić information content (AvgIpc) is 1.96. The Morgan fingerprint density at radius 1 is 0.714 bits per heavy atom. The molecule has 0 aromatic heterocycles. The molecule has 2 unspecified atom stereocenters. The maximum atomic E-state index is 2.39. The van der Waals surface area contributed by atoms with Crippen LogP contribution in [0.25, 0.3) is 0 Å². The lowest BCUT2D eigenvalue weighted by Gasteiger charge is -2.45. The Morgan fingerprint density at radius 2 is 0.929 bits per heavy atom. The summed E-state index contributed by atoms with van der Waals surface area (Å²) in [7, 11) is 0. The molecule has 0 heteroatoms. The predicted octanol–water partition coefficient (Wildman–Crippen LogP) is 5.15. The Labute approximate surface area is 91.8 Å². The van der Waals surface area contributed by atoms with E-state index in [9.17, 15) is 0 Å². The first-order valence-electron chi connectivity index (χ1n) is 4.98. The number of allylic oxidation sites excluding steroid dienone is 2. The zero-order valence-electron chi connectivity index (χ0n) is 9.31. The number of hydrogen-bond acceptors (Lipinski definition) is 0. The lowest BCUT2D eigenvalue weighted by Crippen LogP contribution is -2.37. The Morgan fingerprint density at radius 3 is 1.14 bits per heavy atom. The summed E-state index contributed by atoms with van der Waals surface area (Å²) in [6, 6.07) is 0. The third-order valence-electron chi connectivity index (χ3n) is 4.04. The summed E-state index contributed by atoms with van der Waals surface area (Å²) in [5.74, 6) is 1.55. The molecule has 0 spiro atoms. The highest BCUT2D eigenvalue weighted by atomic mass is 14.4. The van der Waals surface area contributed by atoms with E-state index in [1.54, 1.807) is 0 Å². The third kappa shape index (κ3) is 2.62. The van der Waals surface area contributed by atoms with Gasteiger partial charge >= 0.3 is 0 Å². The smallest absolute Gasteiger partial charge is 0.0146 e. The first kappa shape index (κ1) is 16.2. The number of rotatable bonds is 0. The standard InChI is InChI=1S/C12H22.2CH4/c1-9-10(2)12(5,6)8-7-11(9,3)4;;/h7-10H,1-6H3;2*1H4. The molecule has 14 heavy (non-hydrogen) atoms. The fourth-order valence-corrected chi connectivity index (χ4v) is 2.02. The Bertz CT molecular complexity index is 174. The first-order chi connectivity index (χ1) is 5.27. The van der Waals surface area contributed by atoms with Crippen molar-refractivity contribution in [1.29, 1.82) is 0 Å². The van der Waals surface area contributed by atoms with Crippen molar-refractivity contribution in [3.63, 3.8) is 0 Å². The van der Waals surface area contributed by atoms with Gasteiger partial charge in [-0.15, -0.1) is 0 Å². The van der Waals surface area contributed by atoms with Crippen LogP contribution in [0.1, 0.15) is 56.4 Å². The van der Waals surface area contributed by atoms with E-state index in [1.165, 1.54) is 0 Å². The highest BCUT2D eigenvalue weighted by Gasteiger charge is 2.38. The summed E-state index contributed by atoms with van der Waals surface area (Å²) in [5.41, 5.74) is 0.768. The number of hydrogen-bond donors (Lipinski definition) is 0. The molecule has 0 aromatic rings. The van der Waals surface area contributed by atoms with Crippen LogP contribution in [-0.2, 0) is 0 Å². The summed E-state index contributed by atoms with van der Waals surface area (Å²) in [6.45, 7) is 14.1. The SMILES string of the molecule is C.C.CC1C(C)C(C)(C)C=CC1(C)C. The monoisotopic (exact) mass is 198 g/mol. The minimum Gasteiger partial charge on any atom is -0.0820 e. The molecule has 1 rings (SSSR count). The molecule has 2 atom stereocenters. The fraction of sp³-hybridized carbons (Fsp3) is 0.857. The van der Waals surface area contributed by atoms with Gasteiger partial charge in [0.2, 0.25) is 0 Å². The van der Waals surface area contributed by atoms with Crippen molar-refractivity contribution < 1.29 is 0 Å². The van der Waals surface area contributed by atoms with Crippen LogP contribution in [0.5, 0.6) is 0 Å². The summed E-state index contributed by atoms with van der Waals surface area (Å²) >= 11 is 0. The van der Waals surface area contributed by atoms with Crippen molar-refractivity contribution >= 4 is 0 Å². The van der Waals surface area contributed by atoms with Crippen LogP contribution >= 0.6 is 0 Å². The highest BCUT2D eigenvalue weighted by molar-refractivity contribution is 5.11. The van der Waals surface area contributed by atoms with Gasteiger partial charge in [0.1, 0.15) is 0 Å². The maximum absolute atomic E-state index is 2.39. The van der Waals surface area contributed by atoms with Crippen LogP contribution in [0.15, 0.2) is 12.2 Å². The van der Waals surface area contributed by atoms with Gasteiger partial charge in [-0.2, -0.15) is 0 Å². The van der Waals surface area contributed by atoms with Crippen molar-refractivity contribution in [2.75, 3.05) is 0 Å². The van der Waals surface area contributed by atoms with Gasteiger partial charge in [-0.05, 0) is 22.7 Å². The first-order valence-corrected chi connectivity index (χ1v) is 4.98. The van der Waals surface area contributed by atoms with E-state index >= 15 is 0 Å². The Hall–Kier alpha value is -0.260. The van der Waals surface area contributed by atoms with E-state index in [0.29, 0.717) is 10.8 Å². The molecule has 0 amide bonds. The van der Waals surface area contributed by atoms with Crippen LogP contribution in [0, 0.1) is 22.7 Å². The van der Waals surface area contributed by atoms with Gasteiger partial charge in [0.05, 0.1) is 0 Å². The van der Waals surface area contributed by atoms with E-state index < -0.39 is 0 Å². The van der Waals surface area contributed by atoms with Crippen molar-refractivity contribution in [2.24, 2.45) is 22.7 Å². The molecule has 86 valence electrons. The Kier molecular flexibility index (Phi) is 5.21. The average molecular weight is 198 g/mol. The summed E-state index contributed by atoms with van der Waals surface area (Å²) in [5, 5.41) is 0. The van der Waals surface area contributed by atoms with Crippen LogP contribution in [-0.4, -0.2) is 0 Å². The third-order valence-corrected chi connectivity index (χ3v) is 4.04. The van der Waals surface area contributed by atoms with E-state index in [-0.39, 0.29) is 14.9 Å². The van der Waals surface area contributed by atoms with Gasteiger partial charge in [0.25, 0.3) is 0 Å². The topological polar surface area (TPSA) is 0 Å². The second kappa shape index (κ2) is 4.51. The molecule has 1 aliphatic carbocycles. The zero-order chi connectivity index (χ0) is 9.57. The van der Waals surface area contributed by atoms with Crippen LogP contribution in [0.2, 0.25) is 0 Å². The molecule has 0 radical (unpaired) electrons. The zero-order valence-corrected chi connectivity index (χ0v) is 9.31. The molecule has 0 aromatic carbocycles. The second-order valence-electron chi connectivity index (χ2n) is 5.55. The van der Waals surface area contributed by atoms with Gasteiger partial charge in [-0.3, -0.25) is 0 Å². The summed E-state index contributed by atoms with van der Waals surface area (Å²) in [4.78, 5) is 0. The minimum atomic E-state index is 0. The van der Waals surface area contributed by atoms with Crippen molar-refractivity contribution in [3.05, 3.63) is 12.2 Å². The van der Waals surface area contributed by atoms with Crippen molar-refractivity contribution in [2.45, 2.75) is 56.4 Å². The van der Waals surface area contributed by atoms with E-state index in [0.717, 1.165) is 11.8 Å². The second-order valence-corrected chi connectivity index (χ2v) is 5.55. The van der Waals surface area contributed by atoms with Gasteiger partial charge in [0.15, 0.2) is 0 Å². The van der Waals surface area contributed by atoms with Crippen LogP contribution < -0.4 is 0 Å². The normalized spacial score (nSPS) is 32.7. The van der Waals surface area contributed by atoms with Gasteiger partial charge < -0.3 is 0 Å². The maximum Gasteiger partial charge on any atom is -0.0146 e. The van der Waals surface area contributed by atoms with Crippen LogP contribution in [0.4, 0.5) is 0 Å². The fourth-order valence-electron chi connectivity index (χ4n) is 2.02. The quantitative estimate of drug-likeness (QED) is 0.472. The molecule has 0 saturated carbocycles. The molecule has 0 aliphatic heterocycles.